The molecular formula is C72H118O6. The van der Waals surface area contributed by atoms with Gasteiger partial charge in [0.1, 0.15) is 13.2 Å². The van der Waals surface area contributed by atoms with E-state index in [1.165, 1.54) is 103 Å². The molecule has 0 fully saturated rings. The van der Waals surface area contributed by atoms with E-state index >= 15 is 0 Å². The summed E-state index contributed by atoms with van der Waals surface area (Å²) in [4.78, 5) is 38.2. The molecule has 1 atom stereocenters. The van der Waals surface area contributed by atoms with Crippen molar-refractivity contribution in [2.45, 2.75) is 290 Å². The fourth-order valence-corrected chi connectivity index (χ4v) is 8.65. The van der Waals surface area contributed by atoms with E-state index in [4.69, 9.17) is 14.2 Å². The molecule has 0 heterocycles. The first-order chi connectivity index (χ1) is 38.5. The highest BCUT2D eigenvalue weighted by molar-refractivity contribution is 5.71. The first kappa shape index (κ1) is 73.5. The van der Waals surface area contributed by atoms with Crippen LogP contribution in [0.25, 0.3) is 0 Å². The van der Waals surface area contributed by atoms with E-state index in [1.807, 2.05) is 0 Å². The Morgan fingerprint density at radius 3 is 0.782 bits per heavy atom. The Kier molecular flexibility index (Phi) is 61.4. The van der Waals surface area contributed by atoms with Crippen molar-refractivity contribution in [2.24, 2.45) is 0 Å². The Balaban J connectivity index is 4.30. The van der Waals surface area contributed by atoms with Crippen molar-refractivity contribution in [1.82, 2.24) is 0 Å². The summed E-state index contributed by atoms with van der Waals surface area (Å²) in [5.74, 6) is -0.905. The van der Waals surface area contributed by atoms with Crippen LogP contribution in [-0.2, 0) is 28.6 Å². The Hall–Kier alpha value is -4.45. The summed E-state index contributed by atoms with van der Waals surface area (Å²) in [5, 5.41) is 0. The van der Waals surface area contributed by atoms with E-state index in [0.717, 1.165) is 141 Å². The van der Waals surface area contributed by atoms with Crippen LogP contribution >= 0.6 is 0 Å². The zero-order chi connectivity index (χ0) is 56.4. The summed E-state index contributed by atoms with van der Waals surface area (Å²) in [6, 6.07) is 0. The topological polar surface area (TPSA) is 78.9 Å². The normalized spacial score (nSPS) is 13.0. The van der Waals surface area contributed by atoms with Crippen molar-refractivity contribution >= 4 is 17.9 Å². The zero-order valence-corrected chi connectivity index (χ0v) is 50.6. The molecule has 0 aliphatic rings. The standard InChI is InChI=1S/C72H118O6/c1-4-7-10-13-16-19-22-24-26-28-30-32-33-34-35-36-37-38-39-41-42-44-46-48-50-53-56-59-62-65-71(74)77-68-69(67-76-70(73)64-61-58-55-52-21-18-15-12-9-6-3)78-72(75)66-63-60-57-54-51-49-47-45-43-40-31-29-27-25-23-20-17-14-11-8-5-2/h7-8,10-11,16-17,19-20,24-27,30-32,34-35,37-38,40-42,69H,4-6,9,12-15,18,21-23,28-29,33,36,39,43-68H2,1-3H3/b10-7-,11-8-,19-16-,20-17-,26-24-,27-25-,32-30-,35-34-,38-37-,40-31-,42-41-. The molecule has 1 unspecified atom stereocenters. The predicted molar refractivity (Wildman–Crippen MR) is 339 cm³/mol. The SMILES string of the molecule is CC/C=C\C/C=C\C/C=C\C/C=C\C/C=C\C/C=C\C/C=C\CCCCCCCCCC(=O)OCC(COC(=O)CCCCCCCCCCCC)OC(=O)CCCCCCCCCC/C=C\C/C=C\C/C=C\C/C=C\CC. The van der Waals surface area contributed by atoms with Gasteiger partial charge in [-0.25, -0.2) is 0 Å². The molecule has 0 aromatic heterocycles. The molecule has 0 amide bonds. The summed E-state index contributed by atoms with van der Waals surface area (Å²) in [6.07, 6.45) is 91.7. The molecule has 6 heteroatoms. The number of ether oxygens (including phenoxy) is 3. The number of rotatable bonds is 57. The van der Waals surface area contributed by atoms with Gasteiger partial charge in [0, 0.05) is 19.3 Å². The Morgan fingerprint density at radius 2 is 0.500 bits per heavy atom. The number of carbonyl (C=O) groups is 3. The second-order valence-electron chi connectivity index (χ2n) is 20.9. The number of unbranched alkanes of at least 4 members (excludes halogenated alkanes) is 24. The molecule has 6 nitrogen and oxygen atoms in total. The molecule has 0 aromatic rings. The minimum atomic E-state index is -0.790. The summed E-state index contributed by atoms with van der Waals surface area (Å²) in [6.45, 7) is 6.39. The maximum atomic E-state index is 12.9. The summed E-state index contributed by atoms with van der Waals surface area (Å²) >= 11 is 0. The number of allylic oxidation sites excluding steroid dienone is 22. The minimum absolute atomic E-state index is 0.0861. The lowest BCUT2D eigenvalue weighted by Gasteiger charge is -2.18. The Morgan fingerprint density at radius 1 is 0.269 bits per heavy atom. The zero-order valence-electron chi connectivity index (χ0n) is 50.6. The summed E-state index contributed by atoms with van der Waals surface area (Å²) in [5.41, 5.74) is 0. The summed E-state index contributed by atoms with van der Waals surface area (Å²) in [7, 11) is 0. The van der Waals surface area contributed by atoms with Crippen LogP contribution in [-0.4, -0.2) is 37.2 Å². The lowest BCUT2D eigenvalue weighted by atomic mass is 10.1. The fourth-order valence-electron chi connectivity index (χ4n) is 8.65. The smallest absolute Gasteiger partial charge is 0.306 e. The lowest BCUT2D eigenvalue weighted by molar-refractivity contribution is -0.167. The van der Waals surface area contributed by atoms with Crippen molar-refractivity contribution in [2.75, 3.05) is 13.2 Å². The van der Waals surface area contributed by atoms with Crippen LogP contribution in [0.2, 0.25) is 0 Å². The van der Waals surface area contributed by atoms with Crippen molar-refractivity contribution in [3.63, 3.8) is 0 Å². The van der Waals surface area contributed by atoms with Crippen LogP contribution in [0.4, 0.5) is 0 Å². The van der Waals surface area contributed by atoms with Gasteiger partial charge in [0.15, 0.2) is 6.10 Å². The molecule has 78 heavy (non-hydrogen) atoms. The van der Waals surface area contributed by atoms with Gasteiger partial charge in [0.2, 0.25) is 0 Å². The van der Waals surface area contributed by atoms with Gasteiger partial charge in [-0.15, -0.1) is 0 Å². The third-order valence-corrected chi connectivity index (χ3v) is 13.4. The van der Waals surface area contributed by atoms with Crippen molar-refractivity contribution in [3.05, 3.63) is 134 Å². The third kappa shape index (κ3) is 62.4. The first-order valence-electron chi connectivity index (χ1n) is 32.2. The van der Waals surface area contributed by atoms with Crippen LogP contribution in [0, 0.1) is 0 Å². The van der Waals surface area contributed by atoms with Crippen LogP contribution in [0.15, 0.2) is 134 Å². The van der Waals surface area contributed by atoms with Gasteiger partial charge in [-0.05, 0) is 116 Å². The van der Waals surface area contributed by atoms with Gasteiger partial charge in [-0.3, -0.25) is 14.4 Å². The maximum absolute atomic E-state index is 12.9. The maximum Gasteiger partial charge on any atom is 0.306 e. The number of carbonyl (C=O) groups excluding carboxylic acids is 3. The van der Waals surface area contributed by atoms with E-state index in [-0.39, 0.29) is 31.1 Å². The van der Waals surface area contributed by atoms with E-state index in [2.05, 4.69) is 154 Å². The highest BCUT2D eigenvalue weighted by Gasteiger charge is 2.19. The Labute approximate surface area is 481 Å². The number of esters is 3. The molecular weight excluding hydrogens is 961 g/mol. The highest BCUT2D eigenvalue weighted by Crippen LogP contribution is 2.15. The molecule has 0 saturated carbocycles. The predicted octanol–water partition coefficient (Wildman–Crippen LogP) is 22.2. The van der Waals surface area contributed by atoms with E-state index in [1.54, 1.807) is 0 Å². The monoisotopic (exact) mass is 1080 g/mol. The van der Waals surface area contributed by atoms with Crippen LogP contribution in [0.1, 0.15) is 284 Å². The van der Waals surface area contributed by atoms with Gasteiger partial charge in [-0.2, -0.15) is 0 Å². The highest BCUT2D eigenvalue weighted by atomic mass is 16.6. The second kappa shape index (κ2) is 65.1. The average Bonchev–Trinajstić information content (AvgIpc) is 3.44. The molecule has 0 aliphatic heterocycles. The van der Waals surface area contributed by atoms with Crippen molar-refractivity contribution < 1.29 is 28.6 Å². The molecule has 0 saturated heterocycles. The second-order valence-corrected chi connectivity index (χ2v) is 20.9. The average molecular weight is 1080 g/mol. The van der Waals surface area contributed by atoms with Crippen LogP contribution in [0.3, 0.4) is 0 Å². The van der Waals surface area contributed by atoms with Gasteiger partial charge in [0.05, 0.1) is 0 Å². The lowest BCUT2D eigenvalue weighted by Crippen LogP contribution is -2.30. The Bertz CT molecular complexity index is 1670. The molecule has 0 aliphatic carbocycles. The van der Waals surface area contributed by atoms with Crippen LogP contribution in [0.5, 0.6) is 0 Å². The fraction of sp³-hybridized carbons (Fsp3) is 0.653. The molecule has 442 valence electrons. The molecule has 0 bridgehead atoms. The van der Waals surface area contributed by atoms with Crippen molar-refractivity contribution in [1.29, 1.82) is 0 Å². The molecule has 0 radical (unpaired) electrons. The quantitative estimate of drug-likeness (QED) is 0.0261. The van der Waals surface area contributed by atoms with E-state index < -0.39 is 6.10 Å². The van der Waals surface area contributed by atoms with Gasteiger partial charge in [-0.1, -0.05) is 283 Å². The molecule has 0 rings (SSSR count). The molecule has 0 spiro atoms. The molecule has 0 N–H and O–H groups in total. The third-order valence-electron chi connectivity index (χ3n) is 13.4. The van der Waals surface area contributed by atoms with Gasteiger partial charge in [0.25, 0.3) is 0 Å². The summed E-state index contributed by atoms with van der Waals surface area (Å²) < 4.78 is 16.9. The van der Waals surface area contributed by atoms with Gasteiger partial charge >= 0.3 is 17.9 Å². The number of hydrogen-bond acceptors (Lipinski definition) is 6. The van der Waals surface area contributed by atoms with E-state index in [9.17, 15) is 14.4 Å². The largest absolute Gasteiger partial charge is 0.462 e. The number of hydrogen-bond donors (Lipinski definition) is 0. The van der Waals surface area contributed by atoms with E-state index in [0.29, 0.717) is 19.3 Å². The van der Waals surface area contributed by atoms with Gasteiger partial charge < -0.3 is 14.2 Å². The first-order valence-corrected chi connectivity index (χ1v) is 32.2. The van der Waals surface area contributed by atoms with Crippen LogP contribution < -0.4 is 0 Å². The molecule has 0 aromatic carbocycles. The van der Waals surface area contributed by atoms with Crippen molar-refractivity contribution in [3.8, 4) is 0 Å². The minimum Gasteiger partial charge on any atom is -0.462 e.